The van der Waals surface area contributed by atoms with Gasteiger partial charge >= 0.3 is 0 Å². The summed E-state index contributed by atoms with van der Waals surface area (Å²) in [7, 11) is 0. The van der Waals surface area contributed by atoms with Crippen molar-refractivity contribution in [1.82, 2.24) is 4.90 Å². The van der Waals surface area contributed by atoms with Crippen LogP contribution >= 0.6 is 0 Å². The smallest absolute Gasteiger partial charge is 0.0632 e. The summed E-state index contributed by atoms with van der Waals surface area (Å²) < 4.78 is 0. The predicted molar refractivity (Wildman–Crippen MR) is 68.4 cm³/mol. The molecule has 0 spiro atoms. The molecule has 2 atom stereocenters. The first-order chi connectivity index (χ1) is 7.41. The number of rotatable bonds is 4. The highest BCUT2D eigenvalue weighted by Crippen LogP contribution is 2.25. The molecular formula is C13H28N2O. The van der Waals surface area contributed by atoms with Crippen molar-refractivity contribution in [3.8, 4) is 0 Å². The molecule has 0 bridgehead atoms. The van der Waals surface area contributed by atoms with Crippen LogP contribution in [0, 0.1) is 5.41 Å². The second kappa shape index (κ2) is 5.48. The van der Waals surface area contributed by atoms with E-state index in [-0.39, 0.29) is 5.41 Å². The number of nitrogens with two attached hydrogens (primary N) is 1. The van der Waals surface area contributed by atoms with Gasteiger partial charge in [0, 0.05) is 13.1 Å². The molecule has 1 rings (SSSR count). The van der Waals surface area contributed by atoms with E-state index in [1.54, 1.807) is 0 Å². The maximum absolute atomic E-state index is 10.0. The van der Waals surface area contributed by atoms with E-state index in [9.17, 15) is 5.11 Å². The molecule has 0 aromatic carbocycles. The highest BCUT2D eigenvalue weighted by Gasteiger charge is 2.28. The van der Waals surface area contributed by atoms with Crippen molar-refractivity contribution in [2.75, 3.05) is 26.2 Å². The van der Waals surface area contributed by atoms with Crippen LogP contribution < -0.4 is 5.73 Å². The Kier molecular flexibility index (Phi) is 4.77. The van der Waals surface area contributed by atoms with Crippen LogP contribution in [-0.2, 0) is 0 Å². The van der Waals surface area contributed by atoms with Crippen LogP contribution in [0.3, 0.4) is 0 Å². The lowest BCUT2D eigenvalue weighted by atomic mass is 9.87. The molecule has 3 nitrogen and oxygen atoms in total. The second-order valence-corrected chi connectivity index (χ2v) is 5.99. The molecular weight excluding hydrogens is 200 g/mol. The molecule has 1 saturated heterocycles. The molecule has 0 radical (unpaired) electrons. The first-order valence-electron chi connectivity index (χ1n) is 6.56. The fraction of sp³-hybridized carbons (Fsp3) is 1.00. The molecule has 3 N–H and O–H groups in total. The van der Waals surface area contributed by atoms with Gasteiger partial charge in [-0.05, 0) is 51.1 Å². The highest BCUT2D eigenvalue weighted by atomic mass is 16.3. The summed E-state index contributed by atoms with van der Waals surface area (Å²) in [6.07, 6.45) is 4.03. The van der Waals surface area contributed by atoms with E-state index >= 15 is 0 Å². The zero-order chi connectivity index (χ0) is 12.2. The molecule has 3 heteroatoms. The van der Waals surface area contributed by atoms with Gasteiger partial charge in [0.25, 0.3) is 0 Å². The van der Waals surface area contributed by atoms with Crippen molar-refractivity contribution in [1.29, 1.82) is 0 Å². The highest BCUT2D eigenvalue weighted by molar-refractivity contribution is 4.83. The Morgan fingerprint density at radius 3 is 2.62 bits per heavy atom. The standard InChI is InChI=1S/C13H28N2O/c1-4-12(2,10-14)11-15-8-5-6-13(3,16)7-9-15/h16H,4-11,14H2,1-3H3. The molecule has 0 aromatic heterocycles. The molecule has 1 aliphatic rings. The van der Waals surface area contributed by atoms with E-state index in [1.807, 2.05) is 6.92 Å². The Labute approximate surface area is 100 Å². The normalized spacial score (nSPS) is 32.1. The summed E-state index contributed by atoms with van der Waals surface area (Å²) in [6.45, 7) is 10.3. The molecule has 0 saturated carbocycles. The van der Waals surface area contributed by atoms with Gasteiger partial charge in [-0.15, -0.1) is 0 Å². The number of likely N-dealkylation sites (tertiary alicyclic amines) is 1. The Morgan fingerprint density at radius 1 is 1.38 bits per heavy atom. The van der Waals surface area contributed by atoms with Gasteiger partial charge in [-0.25, -0.2) is 0 Å². The van der Waals surface area contributed by atoms with Gasteiger partial charge in [0.1, 0.15) is 0 Å². The maximum Gasteiger partial charge on any atom is 0.0632 e. The molecule has 0 aromatic rings. The van der Waals surface area contributed by atoms with Crippen LogP contribution in [0.2, 0.25) is 0 Å². The largest absolute Gasteiger partial charge is 0.390 e. The van der Waals surface area contributed by atoms with Gasteiger partial charge in [-0.3, -0.25) is 0 Å². The molecule has 96 valence electrons. The third kappa shape index (κ3) is 4.04. The van der Waals surface area contributed by atoms with Gasteiger partial charge in [0.05, 0.1) is 5.60 Å². The van der Waals surface area contributed by atoms with Crippen molar-refractivity contribution in [3.63, 3.8) is 0 Å². The minimum atomic E-state index is -0.458. The molecule has 2 unspecified atom stereocenters. The molecule has 16 heavy (non-hydrogen) atoms. The van der Waals surface area contributed by atoms with Crippen LogP contribution in [0.25, 0.3) is 0 Å². The zero-order valence-corrected chi connectivity index (χ0v) is 11.1. The summed E-state index contributed by atoms with van der Waals surface area (Å²) in [5.74, 6) is 0. The molecule has 1 aliphatic heterocycles. The van der Waals surface area contributed by atoms with Gasteiger partial charge in [0.2, 0.25) is 0 Å². The van der Waals surface area contributed by atoms with E-state index in [2.05, 4.69) is 18.7 Å². The van der Waals surface area contributed by atoms with Crippen LogP contribution in [0.4, 0.5) is 0 Å². The summed E-state index contributed by atoms with van der Waals surface area (Å²) in [6, 6.07) is 0. The monoisotopic (exact) mass is 228 g/mol. The fourth-order valence-corrected chi connectivity index (χ4v) is 2.34. The summed E-state index contributed by atoms with van der Waals surface area (Å²) in [5.41, 5.74) is 5.63. The molecule has 1 fully saturated rings. The third-order valence-corrected chi connectivity index (χ3v) is 4.11. The van der Waals surface area contributed by atoms with Crippen molar-refractivity contribution < 1.29 is 5.11 Å². The third-order valence-electron chi connectivity index (χ3n) is 4.11. The van der Waals surface area contributed by atoms with Gasteiger partial charge < -0.3 is 15.7 Å². The Hall–Kier alpha value is -0.120. The summed E-state index contributed by atoms with van der Waals surface area (Å²) >= 11 is 0. The Morgan fingerprint density at radius 2 is 2.06 bits per heavy atom. The van der Waals surface area contributed by atoms with Crippen molar-refractivity contribution in [2.45, 2.75) is 52.1 Å². The van der Waals surface area contributed by atoms with Crippen LogP contribution in [0.5, 0.6) is 0 Å². The first kappa shape index (κ1) is 13.9. The number of aliphatic hydroxyl groups is 1. The Bertz CT molecular complexity index is 212. The molecule has 1 heterocycles. The van der Waals surface area contributed by atoms with E-state index in [1.165, 1.54) is 0 Å². The Balaban J connectivity index is 2.49. The fourth-order valence-electron chi connectivity index (χ4n) is 2.34. The molecule has 0 amide bonds. The minimum Gasteiger partial charge on any atom is -0.390 e. The number of nitrogens with zero attached hydrogens (tertiary/aromatic N) is 1. The first-order valence-corrected chi connectivity index (χ1v) is 6.56. The SMILES string of the molecule is CCC(C)(CN)CN1CCCC(C)(O)CC1. The van der Waals surface area contributed by atoms with Gasteiger partial charge in [-0.1, -0.05) is 13.8 Å². The van der Waals surface area contributed by atoms with Crippen LogP contribution in [0.15, 0.2) is 0 Å². The molecule has 0 aliphatic carbocycles. The lowest BCUT2D eigenvalue weighted by molar-refractivity contribution is 0.0430. The lowest BCUT2D eigenvalue weighted by Gasteiger charge is -2.33. The minimum absolute atomic E-state index is 0.232. The van der Waals surface area contributed by atoms with E-state index in [4.69, 9.17) is 5.73 Å². The number of hydrogen-bond acceptors (Lipinski definition) is 3. The van der Waals surface area contributed by atoms with Crippen molar-refractivity contribution in [2.24, 2.45) is 11.1 Å². The van der Waals surface area contributed by atoms with Gasteiger partial charge in [-0.2, -0.15) is 0 Å². The topological polar surface area (TPSA) is 49.5 Å². The zero-order valence-electron chi connectivity index (χ0n) is 11.1. The summed E-state index contributed by atoms with van der Waals surface area (Å²) in [5, 5.41) is 10.0. The quantitative estimate of drug-likeness (QED) is 0.768. The lowest BCUT2D eigenvalue weighted by Crippen LogP contribution is -2.41. The second-order valence-electron chi connectivity index (χ2n) is 5.99. The number of hydrogen-bond donors (Lipinski definition) is 2. The van der Waals surface area contributed by atoms with E-state index in [0.717, 1.165) is 51.9 Å². The average Bonchev–Trinajstić information content (AvgIpc) is 2.40. The van der Waals surface area contributed by atoms with E-state index < -0.39 is 5.60 Å². The predicted octanol–water partition coefficient (Wildman–Crippen LogP) is 1.60. The summed E-state index contributed by atoms with van der Waals surface area (Å²) in [4.78, 5) is 2.47. The van der Waals surface area contributed by atoms with Crippen LogP contribution in [0.1, 0.15) is 46.5 Å². The van der Waals surface area contributed by atoms with Crippen molar-refractivity contribution >= 4 is 0 Å². The van der Waals surface area contributed by atoms with E-state index in [0.29, 0.717) is 0 Å². The maximum atomic E-state index is 10.0. The van der Waals surface area contributed by atoms with Gasteiger partial charge in [0.15, 0.2) is 0 Å². The van der Waals surface area contributed by atoms with Crippen LogP contribution in [-0.4, -0.2) is 41.8 Å². The average molecular weight is 228 g/mol. The van der Waals surface area contributed by atoms with Crippen molar-refractivity contribution in [3.05, 3.63) is 0 Å².